The smallest absolute Gasteiger partial charge is 0.316 e. The van der Waals surface area contributed by atoms with E-state index in [0.717, 1.165) is 4.47 Å². The zero-order chi connectivity index (χ0) is 22.8. The SMILES string of the molecule is O=S(=O)(Nc1ncnc(OCCOc2ncc(Br)cn2)c1-c1ccc2c(c1)OCO2)C1CC1. The topological polar surface area (TPSA) is 135 Å². The molecule has 1 saturated carbocycles. The van der Waals surface area contributed by atoms with Crippen LogP contribution in [-0.4, -0.2) is 53.6 Å². The monoisotopic (exact) mass is 535 g/mol. The molecule has 0 amide bonds. The van der Waals surface area contributed by atoms with E-state index in [1.54, 1.807) is 30.6 Å². The maximum atomic E-state index is 12.6. The third-order valence-corrected chi connectivity index (χ3v) is 7.06. The summed E-state index contributed by atoms with van der Waals surface area (Å²) in [5, 5.41) is -0.416. The summed E-state index contributed by atoms with van der Waals surface area (Å²) < 4.78 is 50.7. The van der Waals surface area contributed by atoms with E-state index >= 15 is 0 Å². The molecule has 0 spiro atoms. The van der Waals surface area contributed by atoms with Crippen molar-refractivity contribution in [3.63, 3.8) is 0 Å². The standard InChI is InChI=1S/C20H18BrN5O6S/c21-13-8-22-20(23-9-13)30-6-5-29-19-17(12-1-4-15-16(7-12)32-11-31-15)18(24-10-25-19)26-33(27,28)14-2-3-14/h1,4,7-10,14H,2-3,5-6,11H2,(H,24,25,26). The molecule has 3 heterocycles. The molecule has 0 unspecified atom stereocenters. The Hall–Kier alpha value is -3.19. The largest absolute Gasteiger partial charge is 0.473 e. The van der Waals surface area contributed by atoms with Crippen molar-refractivity contribution in [2.45, 2.75) is 18.1 Å². The molecule has 1 N–H and O–H groups in total. The van der Waals surface area contributed by atoms with Crippen LogP contribution in [0.1, 0.15) is 12.8 Å². The lowest BCUT2D eigenvalue weighted by Gasteiger charge is -2.15. The molecule has 1 fully saturated rings. The fraction of sp³-hybridized carbons (Fsp3) is 0.300. The number of ether oxygens (including phenoxy) is 4. The molecule has 0 bridgehead atoms. The van der Waals surface area contributed by atoms with Gasteiger partial charge in [-0.2, -0.15) is 0 Å². The summed E-state index contributed by atoms with van der Waals surface area (Å²) in [5.74, 6) is 1.45. The zero-order valence-electron chi connectivity index (χ0n) is 17.1. The van der Waals surface area contributed by atoms with Crippen molar-refractivity contribution in [2.24, 2.45) is 0 Å². The first-order valence-electron chi connectivity index (χ1n) is 9.99. The summed E-state index contributed by atoms with van der Waals surface area (Å²) in [6, 6.07) is 5.44. The Bertz CT molecular complexity index is 1270. The van der Waals surface area contributed by atoms with Crippen molar-refractivity contribution in [3.05, 3.63) is 41.4 Å². The molecule has 33 heavy (non-hydrogen) atoms. The lowest BCUT2D eigenvalue weighted by molar-refractivity contribution is 0.174. The van der Waals surface area contributed by atoms with Crippen LogP contribution in [-0.2, 0) is 10.0 Å². The van der Waals surface area contributed by atoms with Crippen LogP contribution in [0.5, 0.6) is 23.4 Å². The highest BCUT2D eigenvalue weighted by Crippen LogP contribution is 2.41. The van der Waals surface area contributed by atoms with E-state index in [2.05, 4.69) is 40.6 Å². The summed E-state index contributed by atoms with van der Waals surface area (Å²) in [6.45, 7) is 0.377. The first-order chi connectivity index (χ1) is 16.0. The molecule has 0 atom stereocenters. The third kappa shape index (κ3) is 4.93. The molecule has 172 valence electrons. The Kier molecular flexibility index (Phi) is 5.89. The number of nitrogens with one attached hydrogen (secondary N) is 1. The second-order valence-corrected chi connectivity index (χ2v) is 10.1. The molecule has 0 radical (unpaired) electrons. The van der Waals surface area contributed by atoms with Gasteiger partial charge in [0.2, 0.25) is 22.7 Å². The highest BCUT2D eigenvalue weighted by molar-refractivity contribution is 9.10. The minimum atomic E-state index is -3.56. The average Bonchev–Trinajstić information content (AvgIpc) is 3.57. The van der Waals surface area contributed by atoms with Gasteiger partial charge in [-0.3, -0.25) is 4.72 Å². The summed E-state index contributed by atoms with van der Waals surface area (Å²) in [7, 11) is -3.56. The Labute approximate surface area is 197 Å². The summed E-state index contributed by atoms with van der Waals surface area (Å²) in [6.07, 6.45) is 5.64. The molecule has 11 nitrogen and oxygen atoms in total. The highest BCUT2D eigenvalue weighted by Gasteiger charge is 2.37. The highest BCUT2D eigenvalue weighted by atomic mass is 79.9. The van der Waals surface area contributed by atoms with E-state index < -0.39 is 15.3 Å². The number of benzene rings is 1. The van der Waals surface area contributed by atoms with Gasteiger partial charge in [0.05, 0.1) is 15.3 Å². The lowest BCUT2D eigenvalue weighted by Crippen LogP contribution is -2.19. The number of fused-ring (bicyclic) bond motifs is 1. The Morgan fingerprint density at radius 1 is 1.03 bits per heavy atom. The van der Waals surface area contributed by atoms with Crippen LogP contribution < -0.4 is 23.7 Å². The van der Waals surface area contributed by atoms with Crippen LogP contribution in [0.3, 0.4) is 0 Å². The van der Waals surface area contributed by atoms with Crippen molar-refractivity contribution < 1.29 is 27.4 Å². The molecular weight excluding hydrogens is 518 g/mol. The van der Waals surface area contributed by atoms with E-state index in [4.69, 9.17) is 18.9 Å². The van der Waals surface area contributed by atoms with Crippen LogP contribution in [0, 0.1) is 0 Å². The maximum absolute atomic E-state index is 12.6. The molecule has 3 aromatic rings. The summed E-state index contributed by atoms with van der Waals surface area (Å²) in [5.41, 5.74) is 1.00. The Balaban J connectivity index is 1.40. The Morgan fingerprint density at radius 3 is 2.58 bits per heavy atom. The van der Waals surface area contributed by atoms with Crippen molar-refractivity contribution in [3.8, 4) is 34.5 Å². The van der Waals surface area contributed by atoms with Crippen LogP contribution in [0.25, 0.3) is 11.1 Å². The normalized spacial score (nSPS) is 14.7. The first-order valence-corrected chi connectivity index (χ1v) is 12.3. The quantitative estimate of drug-likeness (QED) is 0.407. The number of nitrogens with zero attached hydrogens (tertiary/aromatic N) is 4. The van der Waals surface area contributed by atoms with Crippen LogP contribution in [0.4, 0.5) is 5.82 Å². The summed E-state index contributed by atoms with van der Waals surface area (Å²) >= 11 is 3.26. The molecular formula is C20H18BrN5O6S. The number of sulfonamides is 1. The van der Waals surface area contributed by atoms with E-state index in [0.29, 0.717) is 35.5 Å². The number of rotatable bonds is 9. The molecule has 1 aromatic carbocycles. The minimum absolute atomic E-state index is 0.114. The third-order valence-electron chi connectivity index (χ3n) is 4.83. The van der Waals surface area contributed by atoms with Gasteiger partial charge in [-0.25, -0.2) is 28.4 Å². The number of hydrogen-bond donors (Lipinski definition) is 1. The van der Waals surface area contributed by atoms with Gasteiger partial charge in [0.25, 0.3) is 0 Å². The van der Waals surface area contributed by atoms with Gasteiger partial charge >= 0.3 is 6.01 Å². The van der Waals surface area contributed by atoms with Crippen molar-refractivity contribution in [1.29, 1.82) is 0 Å². The molecule has 1 aliphatic carbocycles. The summed E-state index contributed by atoms with van der Waals surface area (Å²) in [4.78, 5) is 16.5. The van der Waals surface area contributed by atoms with Gasteiger partial charge in [-0.15, -0.1) is 0 Å². The lowest BCUT2D eigenvalue weighted by atomic mass is 10.1. The van der Waals surface area contributed by atoms with E-state index in [9.17, 15) is 8.42 Å². The first kappa shape index (κ1) is 21.6. The second-order valence-electron chi connectivity index (χ2n) is 7.20. The predicted octanol–water partition coefficient (Wildman–Crippen LogP) is 2.79. The van der Waals surface area contributed by atoms with Gasteiger partial charge in [-0.05, 0) is 46.5 Å². The fourth-order valence-electron chi connectivity index (χ4n) is 3.11. The molecule has 2 aromatic heterocycles. The van der Waals surface area contributed by atoms with Crippen molar-refractivity contribution in [1.82, 2.24) is 19.9 Å². The maximum Gasteiger partial charge on any atom is 0.316 e. The van der Waals surface area contributed by atoms with Crippen molar-refractivity contribution in [2.75, 3.05) is 24.7 Å². The van der Waals surface area contributed by atoms with Gasteiger partial charge in [0, 0.05) is 12.4 Å². The zero-order valence-corrected chi connectivity index (χ0v) is 19.5. The van der Waals surface area contributed by atoms with Crippen molar-refractivity contribution >= 4 is 31.8 Å². The van der Waals surface area contributed by atoms with Gasteiger partial charge < -0.3 is 18.9 Å². The van der Waals surface area contributed by atoms with E-state index in [-0.39, 0.29) is 37.7 Å². The molecule has 5 rings (SSSR count). The van der Waals surface area contributed by atoms with Gasteiger partial charge in [0.1, 0.15) is 19.5 Å². The molecule has 13 heteroatoms. The second kappa shape index (κ2) is 8.98. The van der Waals surface area contributed by atoms with Crippen LogP contribution >= 0.6 is 15.9 Å². The van der Waals surface area contributed by atoms with Crippen LogP contribution in [0.2, 0.25) is 0 Å². The molecule has 0 saturated heterocycles. The molecule has 2 aliphatic rings. The number of anilines is 1. The van der Waals surface area contributed by atoms with E-state index in [1.807, 2.05) is 0 Å². The van der Waals surface area contributed by atoms with Gasteiger partial charge in [0.15, 0.2) is 17.3 Å². The fourth-order valence-corrected chi connectivity index (χ4v) is 4.66. The van der Waals surface area contributed by atoms with Gasteiger partial charge in [-0.1, -0.05) is 6.07 Å². The van der Waals surface area contributed by atoms with Crippen LogP contribution in [0.15, 0.2) is 41.4 Å². The predicted molar refractivity (Wildman–Crippen MR) is 120 cm³/mol. The number of halogens is 1. The number of aromatic nitrogens is 4. The molecule has 1 aliphatic heterocycles. The van der Waals surface area contributed by atoms with E-state index in [1.165, 1.54) is 6.33 Å². The Morgan fingerprint density at radius 2 is 1.79 bits per heavy atom. The minimum Gasteiger partial charge on any atom is -0.473 e. The number of hydrogen-bond acceptors (Lipinski definition) is 10. The average molecular weight is 536 g/mol.